The second-order valence-corrected chi connectivity index (χ2v) is 13.2. The first-order chi connectivity index (χ1) is 16.1. The lowest BCUT2D eigenvalue weighted by Crippen LogP contribution is -2.55. The summed E-state index contributed by atoms with van der Waals surface area (Å²) in [7, 11) is 0. The van der Waals surface area contributed by atoms with Crippen molar-refractivity contribution in [2.45, 2.75) is 104 Å². The summed E-state index contributed by atoms with van der Waals surface area (Å²) >= 11 is 0. The number of rotatable bonds is 1. The predicted octanol–water partition coefficient (Wildman–Crippen LogP) is 5.46. The van der Waals surface area contributed by atoms with Crippen LogP contribution in [0.4, 0.5) is 0 Å². The van der Waals surface area contributed by atoms with E-state index in [1.54, 1.807) is 0 Å². The fraction of sp³-hybridized carbons (Fsp3) is 0.862. The highest BCUT2D eigenvalue weighted by atomic mass is 16.7. The first-order valence-electron chi connectivity index (χ1n) is 13.8. The Balaban J connectivity index is 1.32. The van der Waals surface area contributed by atoms with Crippen molar-refractivity contribution in [3.8, 4) is 0 Å². The fourth-order valence-corrected chi connectivity index (χ4v) is 9.91. The number of hydrogen-bond donors (Lipinski definition) is 0. The summed E-state index contributed by atoms with van der Waals surface area (Å²) in [6, 6.07) is 0. The molecule has 1 spiro atoms. The van der Waals surface area contributed by atoms with Gasteiger partial charge in [0.25, 0.3) is 0 Å². The molecule has 11 atom stereocenters. The molecule has 4 aliphatic carbocycles. The van der Waals surface area contributed by atoms with Crippen LogP contribution >= 0.6 is 0 Å². The van der Waals surface area contributed by atoms with Gasteiger partial charge in [-0.25, -0.2) is 0 Å². The summed E-state index contributed by atoms with van der Waals surface area (Å²) < 4.78 is 19.3. The van der Waals surface area contributed by atoms with Crippen molar-refractivity contribution >= 4 is 11.8 Å². The van der Waals surface area contributed by atoms with E-state index in [1.807, 2.05) is 6.08 Å². The molecule has 2 aliphatic heterocycles. The molecule has 2 saturated heterocycles. The molecule has 0 aromatic rings. The molecule has 3 saturated carbocycles. The van der Waals surface area contributed by atoms with E-state index in [4.69, 9.17) is 14.2 Å². The normalized spacial score (nSPS) is 54.0. The second kappa shape index (κ2) is 7.65. The minimum atomic E-state index is -0.384. The van der Waals surface area contributed by atoms with Crippen LogP contribution in [0.5, 0.6) is 0 Å². The van der Waals surface area contributed by atoms with Crippen molar-refractivity contribution in [1.82, 2.24) is 0 Å². The highest BCUT2D eigenvalue weighted by Gasteiger charge is 2.69. The summed E-state index contributed by atoms with van der Waals surface area (Å²) in [5.41, 5.74) is 1.27. The van der Waals surface area contributed by atoms with Gasteiger partial charge in [0.05, 0.1) is 12.7 Å². The first kappa shape index (κ1) is 23.2. The van der Waals surface area contributed by atoms with Crippen LogP contribution in [0.15, 0.2) is 11.6 Å². The van der Waals surface area contributed by atoms with Gasteiger partial charge in [0, 0.05) is 25.7 Å². The lowest BCUT2D eigenvalue weighted by molar-refractivity contribution is -0.272. The molecule has 5 nitrogen and oxygen atoms in total. The molecule has 188 valence electrons. The third kappa shape index (κ3) is 3.11. The van der Waals surface area contributed by atoms with E-state index in [0.29, 0.717) is 41.9 Å². The number of carbonyl (C=O) groups excluding carboxylic acids is 2. The maximum Gasteiger partial charge on any atom is 0.303 e. The Bertz CT molecular complexity index is 915. The average Bonchev–Trinajstić information content (AvgIpc) is 3.22. The van der Waals surface area contributed by atoms with Gasteiger partial charge >= 0.3 is 5.97 Å². The van der Waals surface area contributed by atoms with Crippen molar-refractivity contribution in [3.63, 3.8) is 0 Å². The predicted molar refractivity (Wildman–Crippen MR) is 128 cm³/mol. The standard InChI is InChI=1S/C29H42O5/c1-16-6-11-29(32-15-16)17(2)26-25(34-29)14-22-20-13-24(33-18(3)30)23-12-19(31)7-9-27(23,4)21(20)8-10-28(22,26)5/h12,16-17,20-22,24-26H,6-11,13-15H2,1-5H3/t16?,17?,20?,21?,22?,24-,25+,26?,27-,28+,29?/m1/s1. The van der Waals surface area contributed by atoms with Crippen LogP contribution in [-0.4, -0.2) is 36.4 Å². The largest absolute Gasteiger partial charge is 0.458 e. The van der Waals surface area contributed by atoms with Crippen LogP contribution in [0.1, 0.15) is 86.0 Å². The number of fused-ring (bicyclic) bond motifs is 7. The molecular weight excluding hydrogens is 428 g/mol. The van der Waals surface area contributed by atoms with Crippen LogP contribution in [0.3, 0.4) is 0 Å². The molecule has 2 heterocycles. The second-order valence-electron chi connectivity index (χ2n) is 13.2. The third-order valence-corrected chi connectivity index (χ3v) is 11.5. The Morgan fingerprint density at radius 1 is 1.09 bits per heavy atom. The number of ketones is 1. The van der Waals surface area contributed by atoms with E-state index >= 15 is 0 Å². The summed E-state index contributed by atoms with van der Waals surface area (Å²) in [6.07, 6.45) is 9.89. The zero-order valence-electron chi connectivity index (χ0n) is 21.6. The quantitative estimate of drug-likeness (QED) is 0.476. The molecule has 0 amide bonds. The topological polar surface area (TPSA) is 61.8 Å². The molecule has 34 heavy (non-hydrogen) atoms. The molecule has 0 N–H and O–H groups in total. The first-order valence-corrected chi connectivity index (χ1v) is 13.8. The van der Waals surface area contributed by atoms with Gasteiger partial charge in [-0.15, -0.1) is 0 Å². The Labute approximate surface area is 204 Å². The fourth-order valence-electron chi connectivity index (χ4n) is 9.91. The minimum Gasteiger partial charge on any atom is -0.458 e. The van der Waals surface area contributed by atoms with Gasteiger partial charge in [0.1, 0.15) is 6.10 Å². The summed E-state index contributed by atoms with van der Waals surface area (Å²) in [5, 5.41) is 0. The van der Waals surface area contributed by atoms with Crippen LogP contribution in [0, 0.1) is 46.3 Å². The lowest BCUT2D eigenvalue weighted by Gasteiger charge is -2.59. The van der Waals surface area contributed by atoms with E-state index in [2.05, 4.69) is 27.7 Å². The Kier molecular flexibility index (Phi) is 5.22. The van der Waals surface area contributed by atoms with E-state index in [-0.39, 0.29) is 40.6 Å². The van der Waals surface area contributed by atoms with Crippen LogP contribution in [0.2, 0.25) is 0 Å². The number of ether oxygens (including phenoxy) is 3. The monoisotopic (exact) mass is 470 g/mol. The molecule has 5 fully saturated rings. The van der Waals surface area contributed by atoms with Crippen molar-refractivity contribution in [2.24, 2.45) is 46.3 Å². The van der Waals surface area contributed by atoms with Gasteiger partial charge in [-0.1, -0.05) is 27.7 Å². The minimum absolute atomic E-state index is 0.0493. The molecule has 0 aromatic heterocycles. The number of hydrogen-bond acceptors (Lipinski definition) is 5. The van der Waals surface area contributed by atoms with Crippen LogP contribution in [0.25, 0.3) is 0 Å². The van der Waals surface area contributed by atoms with Gasteiger partial charge in [0.15, 0.2) is 11.6 Å². The average molecular weight is 471 g/mol. The molecule has 0 radical (unpaired) electrons. The van der Waals surface area contributed by atoms with E-state index in [9.17, 15) is 9.59 Å². The summed E-state index contributed by atoms with van der Waals surface area (Å²) in [4.78, 5) is 24.4. The Morgan fingerprint density at radius 3 is 2.59 bits per heavy atom. The summed E-state index contributed by atoms with van der Waals surface area (Å²) in [5.74, 6) is 2.73. The van der Waals surface area contributed by atoms with E-state index in [1.165, 1.54) is 26.2 Å². The number of carbonyl (C=O) groups is 2. The van der Waals surface area contributed by atoms with Crippen molar-refractivity contribution in [1.29, 1.82) is 0 Å². The molecule has 7 unspecified atom stereocenters. The zero-order chi connectivity index (χ0) is 24.0. The Hall–Kier alpha value is -1.20. The van der Waals surface area contributed by atoms with Gasteiger partial charge < -0.3 is 14.2 Å². The van der Waals surface area contributed by atoms with Crippen LogP contribution < -0.4 is 0 Å². The highest BCUT2D eigenvalue weighted by Crippen LogP contribution is 2.71. The van der Waals surface area contributed by atoms with Gasteiger partial charge in [-0.2, -0.15) is 0 Å². The van der Waals surface area contributed by atoms with Crippen molar-refractivity contribution in [2.75, 3.05) is 6.61 Å². The van der Waals surface area contributed by atoms with Gasteiger partial charge in [-0.05, 0) is 90.6 Å². The van der Waals surface area contributed by atoms with E-state index < -0.39 is 0 Å². The van der Waals surface area contributed by atoms with Crippen molar-refractivity contribution < 1.29 is 23.8 Å². The number of esters is 1. The molecule has 6 aliphatic rings. The third-order valence-electron chi connectivity index (χ3n) is 11.5. The maximum atomic E-state index is 12.4. The highest BCUT2D eigenvalue weighted by molar-refractivity contribution is 5.92. The molecule has 5 heteroatoms. The smallest absolute Gasteiger partial charge is 0.303 e. The zero-order valence-corrected chi connectivity index (χ0v) is 21.6. The summed E-state index contributed by atoms with van der Waals surface area (Å²) in [6.45, 7) is 11.9. The maximum absolute atomic E-state index is 12.4. The van der Waals surface area contributed by atoms with Crippen molar-refractivity contribution in [3.05, 3.63) is 11.6 Å². The molecular formula is C29H42O5. The van der Waals surface area contributed by atoms with Gasteiger partial charge in [0.2, 0.25) is 0 Å². The molecule has 6 rings (SSSR count). The SMILES string of the molecule is CC(=O)O[C@@H]1CC2C3C[C@@H]4OC5(CCC(C)CO5)C(C)C4[C@@]3(C)CCC2[C@@]2(C)CCC(=O)C=C12. The molecule has 0 aromatic carbocycles. The lowest BCUT2D eigenvalue weighted by atomic mass is 9.46. The van der Waals surface area contributed by atoms with E-state index in [0.717, 1.165) is 37.9 Å². The van der Waals surface area contributed by atoms with Crippen LogP contribution in [-0.2, 0) is 23.8 Å². The molecule has 0 bridgehead atoms. The van der Waals surface area contributed by atoms with Gasteiger partial charge in [-0.3, -0.25) is 9.59 Å². The Morgan fingerprint density at radius 2 is 1.88 bits per heavy atom.